The van der Waals surface area contributed by atoms with Crippen LogP contribution >= 0.6 is 11.6 Å². The molecule has 1 N–H and O–H groups in total. The Morgan fingerprint density at radius 1 is 1.23 bits per heavy atom. The minimum Gasteiger partial charge on any atom is -0.453 e. The summed E-state index contributed by atoms with van der Waals surface area (Å²) in [5.74, 6) is 1.14. The van der Waals surface area contributed by atoms with Gasteiger partial charge in [0, 0.05) is 31.2 Å². The number of anilines is 1. The summed E-state index contributed by atoms with van der Waals surface area (Å²) in [5.41, 5.74) is 1.83. The lowest BCUT2D eigenvalue weighted by molar-refractivity contribution is 0.105. The van der Waals surface area contributed by atoms with Crippen LogP contribution in [0.25, 0.3) is 0 Å². The van der Waals surface area contributed by atoms with Gasteiger partial charge in [0.2, 0.25) is 0 Å². The second-order valence-corrected chi connectivity index (χ2v) is 6.98. The van der Waals surface area contributed by atoms with Crippen LogP contribution in [0.4, 0.5) is 16.2 Å². The van der Waals surface area contributed by atoms with Crippen LogP contribution in [0.2, 0.25) is 5.02 Å². The van der Waals surface area contributed by atoms with Gasteiger partial charge in [0.25, 0.3) is 0 Å². The number of fused-ring (bicyclic) bond motifs is 2. The van der Waals surface area contributed by atoms with Gasteiger partial charge < -0.3 is 19.9 Å². The number of piperazine rings is 1. The van der Waals surface area contributed by atoms with Crippen molar-refractivity contribution in [1.82, 2.24) is 9.80 Å². The maximum absolute atomic E-state index is 11.7. The molecule has 0 bridgehead atoms. The molecule has 3 aliphatic rings. The summed E-state index contributed by atoms with van der Waals surface area (Å²) in [6.45, 7) is 2.70. The van der Waals surface area contributed by atoms with Crippen molar-refractivity contribution in [3.8, 4) is 0 Å². The van der Waals surface area contributed by atoms with Gasteiger partial charge in [0.15, 0.2) is 0 Å². The van der Waals surface area contributed by atoms with E-state index >= 15 is 0 Å². The van der Waals surface area contributed by atoms with Gasteiger partial charge in [-0.15, -0.1) is 0 Å². The van der Waals surface area contributed by atoms with Gasteiger partial charge in [-0.25, -0.2) is 9.79 Å². The van der Waals surface area contributed by atoms with Crippen molar-refractivity contribution in [3.05, 3.63) is 47.5 Å². The summed E-state index contributed by atoms with van der Waals surface area (Å²) in [6.07, 6.45) is 8.18. The highest BCUT2D eigenvalue weighted by Gasteiger charge is 2.33. The molecule has 2 heterocycles. The number of nitrogens with zero attached hydrogens (tertiary/aromatic N) is 3. The first kappa shape index (κ1) is 17.0. The third-order valence-electron chi connectivity index (χ3n) is 4.99. The predicted octanol–water partition coefficient (Wildman–Crippen LogP) is 3.29. The number of amides is 1. The molecule has 26 heavy (non-hydrogen) atoms. The normalized spacial score (nSPS) is 24.2. The van der Waals surface area contributed by atoms with Crippen molar-refractivity contribution in [1.29, 1.82) is 0 Å². The minimum absolute atomic E-state index is 0.135. The molecule has 1 aromatic rings. The Balaban J connectivity index is 1.65. The van der Waals surface area contributed by atoms with Crippen LogP contribution in [-0.4, -0.2) is 61.1 Å². The number of benzene rings is 1. The zero-order valence-electron chi connectivity index (χ0n) is 14.6. The summed E-state index contributed by atoms with van der Waals surface area (Å²) >= 11 is 6.19. The van der Waals surface area contributed by atoms with Gasteiger partial charge in [-0.2, -0.15) is 0 Å². The fourth-order valence-electron chi connectivity index (χ4n) is 3.62. The minimum atomic E-state index is -0.273. The number of nitrogens with one attached hydrogen (secondary N) is 1. The molecular weight excluding hydrogens is 352 g/mol. The van der Waals surface area contributed by atoms with Gasteiger partial charge in [0.1, 0.15) is 5.84 Å². The number of carbonyl (C=O) groups is 1. The van der Waals surface area contributed by atoms with Crippen LogP contribution in [-0.2, 0) is 4.74 Å². The highest BCUT2D eigenvalue weighted by molar-refractivity contribution is 6.31. The third kappa shape index (κ3) is 3.17. The Hall–Kier alpha value is -2.47. The summed E-state index contributed by atoms with van der Waals surface area (Å²) < 4.78 is 4.83. The van der Waals surface area contributed by atoms with E-state index in [4.69, 9.17) is 21.3 Å². The molecule has 0 saturated carbocycles. The van der Waals surface area contributed by atoms with Crippen LogP contribution in [0.3, 0.4) is 0 Å². The number of carbonyl (C=O) groups excluding carboxylic acids is 1. The third-order valence-corrected chi connectivity index (χ3v) is 5.22. The molecule has 2 atom stereocenters. The molecule has 7 heteroatoms. The van der Waals surface area contributed by atoms with E-state index in [-0.39, 0.29) is 18.1 Å². The van der Waals surface area contributed by atoms with E-state index in [9.17, 15) is 4.79 Å². The molecular formula is C19H21ClN4O2. The van der Waals surface area contributed by atoms with Crippen LogP contribution < -0.4 is 5.32 Å². The summed E-state index contributed by atoms with van der Waals surface area (Å²) in [6, 6.07) is 5.88. The fraction of sp³-hybridized carbons (Fsp3) is 0.368. The number of methoxy groups -OCH3 is 1. The smallest absolute Gasteiger partial charge is 0.409 e. The van der Waals surface area contributed by atoms with Crippen molar-refractivity contribution in [3.63, 3.8) is 0 Å². The quantitative estimate of drug-likeness (QED) is 0.759. The molecule has 136 valence electrons. The van der Waals surface area contributed by atoms with Crippen LogP contribution in [0.1, 0.15) is 0 Å². The van der Waals surface area contributed by atoms with E-state index in [1.165, 1.54) is 7.11 Å². The Bertz CT molecular complexity index is 797. The Kier molecular flexibility index (Phi) is 4.59. The number of hydrogen-bond acceptors (Lipinski definition) is 5. The van der Waals surface area contributed by atoms with Gasteiger partial charge in [-0.05, 0) is 18.2 Å². The average molecular weight is 373 g/mol. The molecule has 6 nitrogen and oxygen atoms in total. The molecule has 4 rings (SSSR count). The standard InChI is InChI=1S/C19H21ClN4O2/c1-26-19(25)24-10-8-23(9-11-24)18-14-4-2-3-5-15(14)21-16-7-6-13(20)12-17(16)22-18/h2-7,12,14-15,21H,8-11H2,1H3. The Labute approximate surface area is 157 Å². The van der Waals surface area contributed by atoms with E-state index < -0.39 is 0 Å². The molecule has 1 amide bonds. The summed E-state index contributed by atoms with van der Waals surface area (Å²) in [4.78, 5) is 20.7. The first-order valence-electron chi connectivity index (χ1n) is 8.73. The van der Waals surface area contributed by atoms with Crippen molar-refractivity contribution in [2.45, 2.75) is 6.04 Å². The molecule has 1 aromatic carbocycles. The second kappa shape index (κ2) is 7.03. The van der Waals surface area contributed by atoms with E-state index in [0.29, 0.717) is 18.1 Å². The van der Waals surface area contributed by atoms with Crippen LogP contribution in [0, 0.1) is 5.92 Å². The van der Waals surface area contributed by atoms with E-state index in [0.717, 1.165) is 30.3 Å². The van der Waals surface area contributed by atoms with Crippen LogP contribution in [0.15, 0.2) is 47.5 Å². The molecule has 2 unspecified atom stereocenters. The number of rotatable bonds is 0. The topological polar surface area (TPSA) is 57.2 Å². The van der Waals surface area contributed by atoms with Crippen molar-refractivity contribution in [2.24, 2.45) is 10.9 Å². The number of aliphatic imine (C=N–C) groups is 1. The summed E-state index contributed by atoms with van der Waals surface area (Å²) in [7, 11) is 1.42. The highest BCUT2D eigenvalue weighted by atomic mass is 35.5. The number of halogens is 1. The van der Waals surface area contributed by atoms with Crippen molar-refractivity contribution >= 4 is 34.9 Å². The Morgan fingerprint density at radius 3 is 2.77 bits per heavy atom. The maximum atomic E-state index is 11.7. The maximum Gasteiger partial charge on any atom is 0.409 e. The lowest BCUT2D eigenvalue weighted by Crippen LogP contribution is -2.53. The monoisotopic (exact) mass is 372 g/mol. The number of hydrogen-bond donors (Lipinski definition) is 1. The molecule has 1 fully saturated rings. The first-order chi connectivity index (χ1) is 12.7. The van der Waals surface area contributed by atoms with Crippen molar-refractivity contribution in [2.75, 3.05) is 38.6 Å². The molecule has 0 spiro atoms. The van der Waals surface area contributed by atoms with E-state index in [1.54, 1.807) is 4.90 Å². The summed E-state index contributed by atoms with van der Waals surface area (Å²) in [5, 5.41) is 4.24. The number of amidine groups is 1. The fourth-order valence-corrected chi connectivity index (χ4v) is 3.78. The van der Waals surface area contributed by atoms with Gasteiger partial charge >= 0.3 is 6.09 Å². The van der Waals surface area contributed by atoms with Crippen molar-refractivity contribution < 1.29 is 9.53 Å². The average Bonchev–Trinajstić information content (AvgIpc) is 2.84. The SMILES string of the molecule is COC(=O)N1CCN(C2=Nc3cc(Cl)ccc3NC3C=CC=CC23)CC1. The molecule has 1 saturated heterocycles. The zero-order valence-corrected chi connectivity index (χ0v) is 15.3. The molecule has 0 aromatic heterocycles. The lowest BCUT2D eigenvalue weighted by atomic mass is 9.93. The number of allylic oxidation sites excluding steroid dienone is 2. The molecule has 0 radical (unpaired) electrons. The Morgan fingerprint density at radius 2 is 2.00 bits per heavy atom. The van der Waals surface area contributed by atoms with Gasteiger partial charge in [0.05, 0.1) is 30.4 Å². The molecule has 1 aliphatic carbocycles. The van der Waals surface area contributed by atoms with Gasteiger partial charge in [-0.3, -0.25) is 0 Å². The van der Waals surface area contributed by atoms with Gasteiger partial charge in [-0.1, -0.05) is 35.9 Å². The largest absolute Gasteiger partial charge is 0.453 e. The van der Waals surface area contributed by atoms with Crippen LogP contribution in [0.5, 0.6) is 0 Å². The van der Waals surface area contributed by atoms with E-state index in [1.807, 2.05) is 18.2 Å². The molecule has 2 aliphatic heterocycles. The first-order valence-corrected chi connectivity index (χ1v) is 9.11. The lowest BCUT2D eigenvalue weighted by Gasteiger charge is -2.38. The predicted molar refractivity (Wildman–Crippen MR) is 103 cm³/mol. The zero-order chi connectivity index (χ0) is 18.1. The van der Waals surface area contributed by atoms with E-state index in [2.05, 4.69) is 34.5 Å². The second-order valence-electron chi connectivity index (χ2n) is 6.54. The number of ether oxygens (including phenoxy) is 1. The highest BCUT2D eigenvalue weighted by Crippen LogP contribution is 2.35.